The highest BCUT2D eigenvalue weighted by molar-refractivity contribution is 5.28. The summed E-state index contributed by atoms with van der Waals surface area (Å²) in [6, 6.07) is 0. The second kappa shape index (κ2) is 5.71. The van der Waals surface area contributed by atoms with Crippen molar-refractivity contribution >= 4 is 0 Å². The molecule has 0 bridgehead atoms. The molecule has 4 rings (SSSR count). The Kier molecular flexibility index (Phi) is 4.01. The zero-order valence-corrected chi connectivity index (χ0v) is 16.1. The Labute approximate surface area is 148 Å². The van der Waals surface area contributed by atoms with Gasteiger partial charge in [0.1, 0.15) is 0 Å². The van der Waals surface area contributed by atoms with Crippen LogP contribution < -0.4 is 0 Å². The first kappa shape index (κ1) is 16.9. The molecule has 0 aromatic rings. The van der Waals surface area contributed by atoms with Crippen LogP contribution in [0.1, 0.15) is 79.1 Å². The van der Waals surface area contributed by atoms with Crippen molar-refractivity contribution in [1.29, 1.82) is 0 Å². The summed E-state index contributed by atoms with van der Waals surface area (Å²) in [5, 5.41) is 0. The Morgan fingerprint density at radius 2 is 2.04 bits per heavy atom. The van der Waals surface area contributed by atoms with Crippen LogP contribution in [-0.2, 0) is 0 Å². The Hall–Kier alpha value is -0.590. The first-order chi connectivity index (χ1) is 11.5. The summed E-state index contributed by atoms with van der Waals surface area (Å²) in [7, 11) is 0. The molecule has 0 aromatic carbocycles. The van der Waals surface area contributed by atoms with E-state index in [1.165, 1.54) is 38.5 Å². The maximum Gasteiger partial charge on any atom is 0.0862 e. The minimum absolute atomic E-state index is 0.347. The van der Waals surface area contributed by atoms with Gasteiger partial charge in [0.2, 0.25) is 0 Å². The SMILES string of the molecule is CC[C@H]1C(=CF)C[C@H]2[C@@H]3C[C@H](C)C4=CCCC[C@]4(C)[C@H]3CC[C@]12C. The molecule has 0 radical (unpaired) electrons. The monoisotopic (exact) mass is 330 g/mol. The lowest BCUT2D eigenvalue weighted by atomic mass is 9.45. The van der Waals surface area contributed by atoms with Crippen molar-refractivity contribution in [2.45, 2.75) is 79.1 Å². The van der Waals surface area contributed by atoms with E-state index in [4.69, 9.17) is 0 Å². The Morgan fingerprint density at radius 1 is 1.25 bits per heavy atom. The third kappa shape index (κ3) is 2.08. The van der Waals surface area contributed by atoms with Gasteiger partial charge in [-0.2, -0.15) is 0 Å². The lowest BCUT2D eigenvalue weighted by molar-refractivity contribution is -0.0612. The summed E-state index contributed by atoms with van der Waals surface area (Å²) in [5.74, 6) is 3.59. The van der Waals surface area contributed by atoms with E-state index < -0.39 is 0 Å². The Bertz CT molecular complexity index is 573. The molecule has 0 nitrogen and oxygen atoms in total. The minimum atomic E-state index is 0.347. The number of hydrogen-bond acceptors (Lipinski definition) is 0. The standard InChI is InChI=1S/C23H35F/c1-5-18-16(14-24)13-21-17-12-15(2)19-8-6-7-10-22(19,3)20(17)9-11-23(18,21)4/h8,14-15,17-18,20-21H,5-7,9-13H2,1-4H3/t15-,17+,18-,20-,21-,22-,23+/m0/s1. The molecular formula is C23H35F. The van der Waals surface area contributed by atoms with Crippen LogP contribution in [0, 0.1) is 40.4 Å². The predicted octanol–water partition coefficient (Wildman–Crippen LogP) is 7.07. The number of rotatable bonds is 1. The van der Waals surface area contributed by atoms with Crippen molar-refractivity contribution in [2.24, 2.45) is 40.4 Å². The molecule has 0 aromatic heterocycles. The molecule has 3 fully saturated rings. The van der Waals surface area contributed by atoms with Crippen molar-refractivity contribution in [3.63, 3.8) is 0 Å². The fourth-order valence-electron chi connectivity index (χ4n) is 8.04. The van der Waals surface area contributed by atoms with Gasteiger partial charge in [0.05, 0.1) is 6.33 Å². The average molecular weight is 331 g/mol. The van der Waals surface area contributed by atoms with E-state index in [9.17, 15) is 4.39 Å². The van der Waals surface area contributed by atoms with Crippen molar-refractivity contribution in [2.75, 3.05) is 0 Å². The van der Waals surface area contributed by atoms with Crippen LogP contribution in [0.4, 0.5) is 4.39 Å². The Morgan fingerprint density at radius 3 is 2.75 bits per heavy atom. The second-order valence-corrected chi connectivity index (χ2v) is 9.88. The maximum absolute atomic E-state index is 13.6. The lowest BCUT2D eigenvalue weighted by Gasteiger charge is -2.59. The molecule has 3 saturated carbocycles. The topological polar surface area (TPSA) is 0 Å². The fraction of sp³-hybridized carbons (Fsp3) is 0.826. The first-order valence-corrected chi connectivity index (χ1v) is 10.5. The highest BCUT2D eigenvalue weighted by atomic mass is 19.1. The third-order valence-electron chi connectivity index (χ3n) is 9.02. The zero-order chi connectivity index (χ0) is 17.1. The quantitative estimate of drug-likeness (QED) is 0.451. The highest BCUT2D eigenvalue weighted by Gasteiger charge is 2.60. The van der Waals surface area contributed by atoms with Crippen molar-refractivity contribution in [3.05, 3.63) is 23.6 Å². The van der Waals surface area contributed by atoms with Crippen LogP contribution in [-0.4, -0.2) is 0 Å². The predicted molar refractivity (Wildman–Crippen MR) is 99.2 cm³/mol. The van der Waals surface area contributed by atoms with E-state index in [2.05, 4.69) is 33.8 Å². The largest absolute Gasteiger partial charge is 0.216 e. The van der Waals surface area contributed by atoms with Gasteiger partial charge in [0.15, 0.2) is 0 Å². The summed E-state index contributed by atoms with van der Waals surface area (Å²) in [4.78, 5) is 0. The molecule has 24 heavy (non-hydrogen) atoms. The number of fused-ring (bicyclic) bond motifs is 5. The lowest BCUT2D eigenvalue weighted by Crippen LogP contribution is -2.51. The summed E-state index contributed by atoms with van der Waals surface area (Å²) >= 11 is 0. The molecule has 4 aliphatic carbocycles. The molecule has 4 aliphatic rings. The van der Waals surface area contributed by atoms with Gasteiger partial charge >= 0.3 is 0 Å². The summed E-state index contributed by atoms with van der Waals surface area (Å²) in [6.07, 6.45) is 13.8. The summed E-state index contributed by atoms with van der Waals surface area (Å²) in [6.45, 7) is 9.81. The van der Waals surface area contributed by atoms with Gasteiger partial charge in [0, 0.05) is 0 Å². The van der Waals surface area contributed by atoms with E-state index in [1.807, 2.05) is 0 Å². The molecule has 0 unspecified atom stereocenters. The van der Waals surface area contributed by atoms with Gasteiger partial charge in [0.25, 0.3) is 0 Å². The van der Waals surface area contributed by atoms with Crippen LogP contribution in [0.25, 0.3) is 0 Å². The van der Waals surface area contributed by atoms with Crippen LogP contribution >= 0.6 is 0 Å². The number of allylic oxidation sites excluding steroid dienone is 3. The van der Waals surface area contributed by atoms with Gasteiger partial charge < -0.3 is 0 Å². The van der Waals surface area contributed by atoms with E-state index in [0.717, 1.165) is 42.5 Å². The maximum atomic E-state index is 13.6. The highest BCUT2D eigenvalue weighted by Crippen LogP contribution is 2.68. The van der Waals surface area contributed by atoms with E-state index in [0.29, 0.717) is 22.7 Å². The van der Waals surface area contributed by atoms with Crippen LogP contribution in [0.3, 0.4) is 0 Å². The van der Waals surface area contributed by atoms with E-state index >= 15 is 0 Å². The zero-order valence-electron chi connectivity index (χ0n) is 16.1. The van der Waals surface area contributed by atoms with Gasteiger partial charge in [-0.25, -0.2) is 4.39 Å². The summed E-state index contributed by atoms with van der Waals surface area (Å²) in [5.41, 5.74) is 3.70. The van der Waals surface area contributed by atoms with E-state index in [-0.39, 0.29) is 0 Å². The van der Waals surface area contributed by atoms with Crippen LogP contribution in [0.5, 0.6) is 0 Å². The molecule has 1 heteroatoms. The molecule has 0 heterocycles. The van der Waals surface area contributed by atoms with Crippen LogP contribution in [0.15, 0.2) is 23.6 Å². The molecule has 7 atom stereocenters. The molecule has 0 spiro atoms. The summed E-state index contributed by atoms with van der Waals surface area (Å²) < 4.78 is 13.6. The number of hydrogen-bond donors (Lipinski definition) is 0. The molecule has 0 N–H and O–H groups in total. The molecule has 0 amide bonds. The first-order valence-electron chi connectivity index (χ1n) is 10.5. The second-order valence-electron chi connectivity index (χ2n) is 9.88. The third-order valence-corrected chi connectivity index (χ3v) is 9.02. The normalized spacial score (nSPS) is 52.5. The van der Waals surface area contributed by atoms with Gasteiger partial charge in [-0.05, 0) is 97.4 Å². The average Bonchev–Trinajstić information content (AvgIpc) is 2.86. The van der Waals surface area contributed by atoms with Gasteiger partial charge in [-0.1, -0.05) is 39.3 Å². The van der Waals surface area contributed by atoms with Crippen molar-refractivity contribution in [1.82, 2.24) is 0 Å². The molecule has 134 valence electrons. The van der Waals surface area contributed by atoms with Gasteiger partial charge in [-0.3, -0.25) is 0 Å². The molecule has 0 saturated heterocycles. The van der Waals surface area contributed by atoms with Crippen molar-refractivity contribution < 1.29 is 4.39 Å². The van der Waals surface area contributed by atoms with Crippen molar-refractivity contribution in [3.8, 4) is 0 Å². The van der Waals surface area contributed by atoms with E-state index in [1.54, 1.807) is 5.57 Å². The van der Waals surface area contributed by atoms with Crippen LogP contribution in [0.2, 0.25) is 0 Å². The minimum Gasteiger partial charge on any atom is -0.216 e. The molecule has 0 aliphatic heterocycles. The number of halogens is 1. The Balaban J connectivity index is 1.73. The van der Waals surface area contributed by atoms with Gasteiger partial charge in [-0.15, -0.1) is 0 Å². The smallest absolute Gasteiger partial charge is 0.0862 e. The molecular weight excluding hydrogens is 295 g/mol. The fourth-order valence-corrected chi connectivity index (χ4v) is 8.04.